The fourth-order valence-corrected chi connectivity index (χ4v) is 2.22. The molecule has 8 nitrogen and oxygen atoms in total. The Balaban J connectivity index is 2.50. The highest BCUT2D eigenvalue weighted by Gasteiger charge is 2.24. The number of aryl methyl sites for hydroxylation is 1. The molecule has 104 valence electrons. The van der Waals surface area contributed by atoms with E-state index in [0.717, 1.165) is 17.8 Å². The van der Waals surface area contributed by atoms with Crippen molar-refractivity contribution >= 4 is 23.4 Å². The number of aromatic nitrogens is 3. The molecule has 20 heavy (non-hydrogen) atoms. The lowest BCUT2D eigenvalue weighted by atomic mass is 10.2. The second kappa shape index (κ2) is 5.25. The van der Waals surface area contributed by atoms with E-state index in [2.05, 4.69) is 10.2 Å². The van der Waals surface area contributed by atoms with Crippen molar-refractivity contribution in [3.05, 3.63) is 40.0 Å². The molecule has 0 unspecified atom stereocenters. The van der Waals surface area contributed by atoms with Crippen molar-refractivity contribution in [2.75, 3.05) is 0 Å². The van der Waals surface area contributed by atoms with E-state index in [0.29, 0.717) is 11.2 Å². The van der Waals surface area contributed by atoms with Gasteiger partial charge in [0.25, 0.3) is 5.69 Å². The summed E-state index contributed by atoms with van der Waals surface area (Å²) in [7, 11) is 1.63. The highest BCUT2D eigenvalue weighted by Crippen LogP contribution is 2.32. The van der Waals surface area contributed by atoms with Gasteiger partial charge in [-0.2, -0.15) is 0 Å². The lowest BCUT2D eigenvalue weighted by molar-refractivity contribution is -0.385. The smallest absolute Gasteiger partial charge is 0.342 e. The molecule has 0 atom stereocenters. The standard InChI is InChI=1S/C10H7FN4O4S/c1-14-4-12-13-10(14)20-8-2-5(9(16)17)7(15(18)19)3-6(8)11/h2-4H,1H3,(H,16,17). The van der Waals surface area contributed by atoms with Gasteiger partial charge in [0.05, 0.1) is 15.9 Å². The Morgan fingerprint density at radius 3 is 2.75 bits per heavy atom. The van der Waals surface area contributed by atoms with E-state index in [1.807, 2.05) is 0 Å². The first-order valence-electron chi connectivity index (χ1n) is 5.13. The van der Waals surface area contributed by atoms with E-state index in [-0.39, 0.29) is 4.90 Å². The maximum Gasteiger partial charge on any atom is 0.342 e. The van der Waals surface area contributed by atoms with Gasteiger partial charge in [-0.05, 0) is 17.8 Å². The summed E-state index contributed by atoms with van der Waals surface area (Å²) in [6, 6.07) is 1.50. The summed E-state index contributed by atoms with van der Waals surface area (Å²) in [5.41, 5.74) is -1.38. The highest BCUT2D eigenvalue weighted by molar-refractivity contribution is 7.99. The van der Waals surface area contributed by atoms with Crippen molar-refractivity contribution in [3.8, 4) is 0 Å². The van der Waals surface area contributed by atoms with Gasteiger partial charge < -0.3 is 9.67 Å². The predicted molar refractivity (Wildman–Crippen MR) is 65.1 cm³/mol. The first kappa shape index (κ1) is 13.9. The molecule has 0 saturated carbocycles. The lowest BCUT2D eigenvalue weighted by Crippen LogP contribution is -2.04. The normalized spacial score (nSPS) is 10.5. The van der Waals surface area contributed by atoms with Crippen molar-refractivity contribution in [3.63, 3.8) is 0 Å². The van der Waals surface area contributed by atoms with Crippen molar-refractivity contribution in [1.82, 2.24) is 14.8 Å². The fraction of sp³-hybridized carbons (Fsp3) is 0.100. The van der Waals surface area contributed by atoms with Crippen LogP contribution in [0.3, 0.4) is 0 Å². The number of hydrogen-bond donors (Lipinski definition) is 1. The number of carboxylic acid groups (broad SMARTS) is 1. The average Bonchev–Trinajstić information content (AvgIpc) is 2.76. The quantitative estimate of drug-likeness (QED) is 0.675. The Hall–Kier alpha value is -2.49. The van der Waals surface area contributed by atoms with Crippen LogP contribution in [-0.4, -0.2) is 30.8 Å². The number of carboxylic acids is 1. The Kier molecular flexibility index (Phi) is 3.66. The van der Waals surface area contributed by atoms with Gasteiger partial charge in [-0.3, -0.25) is 10.1 Å². The van der Waals surface area contributed by atoms with E-state index in [9.17, 15) is 19.3 Å². The van der Waals surface area contributed by atoms with Crippen LogP contribution in [0, 0.1) is 15.9 Å². The third-order valence-corrected chi connectivity index (χ3v) is 3.43. The molecule has 0 fully saturated rings. The van der Waals surface area contributed by atoms with Crippen LogP contribution in [0.5, 0.6) is 0 Å². The Labute approximate surface area is 115 Å². The number of halogens is 1. The lowest BCUT2D eigenvalue weighted by Gasteiger charge is -2.04. The summed E-state index contributed by atoms with van der Waals surface area (Å²) in [5, 5.41) is 27.3. The highest BCUT2D eigenvalue weighted by atomic mass is 32.2. The Morgan fingerprint density at radius 2 is 2.25 bits per heavy atom. The summed E-state index contributed by atoms with van der Waals surface area (Å²) in [6.45, 7) is 0. The second-order valence-corrected chi connectivity index (χ2v) is 4.70. The van der Waals surface area contributed by atoms with Crippen molar-refractivity contribution in [2.24, 2.45) is 7.05 Å². The number of nitro benzene ring substituents is 1. The number of nitro groups is 1. The molecule has 0 bridgehead atoms. The number of hydrogen-bond acceptors (Lipinski definition) is 6. The van der Waals surface area contributed by atoms with E-state index in [1.165, 1.54) is 10.9 Å². The molecule has 0 amide bonds. The molecule has 0 spiro atoms. The number of nitrogens with zero attached hydrogens (tertiary/aromatic N) is 4. The zero-order valence-corrected chi connectivity index (χ0v) is 10.8. The molecule has 1 heterocycles. The summed E-state index contributed by atoms with van der Waals surface area (Å²) in [6.07, 6.45) is 1.39. The van der Waals surface area contributed by atoms with Crippen LogP contribution in [0.4, 0.5) is 10.1 Å². The average molecular weight is 298 g/mol. The summed E-state index contributed by atoms with van der Waals surface area (Å²) in [5.74, 6) is -2.40. The van der Waals surface area contributed by atoms with Gasteiger partial charge in [0.1, 0.15) is 17.7 Å². The van der Waals surface area contributed by atoms with E-state index in [4.69, 9.17) is 5.11 Å². The predicted octanol–water partition coefficient (Wildman–Crippen LogP) is 1.71. The molecule has 0 aliphatic carbocycles. The number of carbonyl (C=O) groups is 1. The molecule has 10 heteroatoms. The topological polar surface area (TPSA) is 111 Å². The zero-order chi connectivity index (χ0) is 14.9. The van der Waals surface area contributed by atoms with Crippen LogP contribution in [0.25, 0.3) is 0 Å². The minimum Gasteiger partial charge on any atom is -0.477 e. The van der Waals surface area contributed by atoms with Crippen molar-refractivity contribution in [2.45, 2.75) is 10.1 Å². The molecule has 1 aromatic heterocycles. The summed E-state index contributed by atoms with van der Waals surface area (Å²) >= 11 is 0.828. The minimum absolute atomic E-state index is 0.0795. The molecule has 1 N–H and O–H groups in total. The maximum absolute atomic E-state index is 13.8. The Morgan fingerprint density at radius 1 is 1.55 bits per heavy atom. The first-order valence-corrected chi connectivity index (χ1v) is 5.95. The van der Waals surface area contributed by atoms with Crippen molar-refractivity contribution in [1.29, 1.82) is 0 Å². The number of aromatic carboxylic acids is 1. The van der Waals surface area contributed by atoms with Crippen LogP contribution in [0.1, 0.15) is 10.4 Å². The molecule has 0 saturated heterocycles. The van der Waals surface area contributed by atoms with Crippen molar-refractivity contribution < 1.29 is 19.2 Å². The zero-order valence-electron chi connectivity index (χ0n) is 9.98. The van der Waals surface area contributed by atoms with Crippen LogP contribution in [-0.2, 0) is 7.05 Å². The molecular weight excluding hydrogens is 291 g/mol. The van der Waals surface area contributed by atoms with Gasteiger partial charge in [0.2, 0.25) is 0 Å². The summed E-state index contributed by atoms with van der Waals surface area (Å²) in [4.78, 5) is 20.7. The Bertz CT molecular complexity index is 703. The van der Waals surface area contributed by atoms with Gasteiger partial charge in [-0.15, -0.1) is 10.2 Å². The SMILES string of the molecule is Cn1cnnc1Sc1cc(C(=O)O)c([N+](=O)[O-])cc1F. The summed E-state index contributed by atoms with van der Waals surface area (Å²) < 4.78 is 15.3. The van der Waals surface area contributed by atoms with Gasteiger partial charge in [-0.25, -0.2) is 9.18 Å². The van der Waals surface area contributed by atoms with E-state index >= 15 is 0 Å². The molecule has 2 rings (SSSR count). The van der Waals surface area contributed by atoms with E-state index in [1.54, 1.807) is 7.05 Å². The maximum atomic E-state index is 13.8. The monoisotopic (exact) mass is 298 g/mol. The fourth-order valence-electron chi connectivity index (χ4n) is 1.41. The van der Waals surface area contributed by atoms with Crippen LogP contribution < -0.4 is 0 Å². The van der Waals surface area contributed by atoms with Gasteiger partial charge in [0, 0.05) is 7.05 Å². The van der Waals surface area contributed by atoms with Crippen LogP contribution >= 0.6 is 11.8 Å². The number of rotatable bonds is 4. The molecule has 0 aliphatic rings. The molecule has 0 radical (unpaired) electrons. The second-order valence-electron chi connectivity index (χ2n) is 3.69. The largest absolute Gasteiger partial charge is 0.477 e. The van der Waals surface area contributed by atoms with Crippen LogP contribution in [0.15, 0.2) is 28.5 Å². The van der Waals surface area contributed by atoms with Gasteiger partial charge in [-0.1, -0.05) is 0 Å². The third kappa shape index (κ3) is 2.59. The number of benzene rings is 1. The molecule has 1 aromatic carbocycles. The first-order chi connectivity index (χ1) is 9.40. The van der Waals surface area contributed by atoms with Gasteiger partial charge in [0.15, 0.2) is 5.16 Å². The third-order valence-electron chi connectivity index (χ3n) is 2.35. The molecule has 0 aliphatic heterocycles. The van der Waals surface area contributed by atoms with Crippen LogP contribution in [0.2, 0.25) is 0 Å². The van der Waals surface area contributed by atoms with Gasteiger partial charge >= 0.3 is 5.97 Å². The molecular formula is C10H7FN4O4S. The minimum atomic E-state index is -1.50. The molecule has 2 aromatic rings. The van der Waals surface area contributed by atoms with E-state index < -0.39 is 28.0 Å².